The molecule has 0 fully saturated rings. The van der Waals surface area contributed by atoms with Crippen LogP contribution in [0.4, 0.5) is 0 Å². The van der Waals surface area contributed by atoms with Gasteiger partial charge in [-0.1, -0.05) is 196 Å². The topological polar surface area (TPSA) is 35.9 Å². The van der Waals surface area contributed by atoms with E-state index < -0.39 is 24.0 Å². The fourth-order valence-electron chi connectivity index (χ4n) is 9.73. The maximum atomic E-state index is 9.33. The SMILES string of the molecule is [2H]c1c([2H])c([2H])c(-c2cccc(-c3cc(C(C)(C)C)cc(C(C)(C)C)c3)c2-[n+]2[c-]n(-c3cccc(Oc4ccc5c6ccccc6n(-c6cc(C([2H])(C)C(C)C)ccn6)c5c4)c3)c3cc(-c4ccccc4)ccc32)c([2H])c1[2H]. The number of benzene rings is 8. The van der Waals surface area contributed by atoms with Crippen molar-refractivity contribution in [2.45, 2.75) is 79.0 Å². The number of para-hydroxylation sites is 2. The van der Waals surface area contributed by atoms with Crippen LogP contribution in [0.1, 0.15) is 93.1 Å². The molecule has 8 aromatic carbocycles. The molecule has 0 saturated carbocycles. The van der Waals surface area contributed by atoms with Crippen molar-refractivity contribution in [1.82, 2.24) is 14.1 Å². The molecule has 0 radical (unpaired) electrons. The lowest BCUT2D eigenvalue weighted by atomic mass is 9.78. The molecule has 11 rings (SSSR count). The van der Waals surface area contributed by atoms with Crippen LogP contribution in [0.15, 0.2) is 200 Å². The summed E-state index contributed by atoms with van der Waals surface area (Å²) in [6.45, 7) is 19.3. The Balaban J connectivity index is 1.12. The van der Waals surface area contributed by atoms with Crippen LogP contribution in [0.2, 0.25) is 0 Å². The first-order valence-electron chi connectivity index (χ1n) is 27.8. The monoisotopic (exact) mass is 945 g/mol. The Hall–Kier alpha value is -8.02. The van der Waals surface area contributed by atoms with Crippen LogP contribution in [0.5, 0.6) is 11.5 Å². The molecule has 0 saturated heterocycles. The van der Waals surface area contributed by atoms with Crippen molar-refractivity contribution in [1.29, 1.82) is 0 Å². The molecule has 0 aliphatic rings. The molecule has 3 aromatic heterocycles. The van der Waals surface area contributed by atoms with Gasteiger partial charge in [-0.3, -0.25) is 13.7 Å². The second-order valence-corrected chi connectivity index (χ2v) is 21.2. The van der Waals surface area contributed by atoms with Crippen LogP contribution in [-0.4, -0.2) is 14.1 Å². The maximum Gasteiger partial charge on any atom is 0.269 e. The van der Waals surface area contributed by atoms with Crippen molar-refractivity contribution < 1.29 is 17.5 Å². The van der Waals surface area contributed by atoms with Gasteiger partial charge < -0.3 is 4.74 Å². The maximum absolute atomic E-state index is 9.33. The van der Waals surface area contributed by atoms with Crippen molar-refractivity contribution >= 4 is 32.8 Å². The molecule has 5 nitrogen and oxygen atoms in total. The van der Waals surface area contributed by atoms with E-state index >= 15 is 0 Å². The highest BCUT2D eigenvalue weighted by Gasteiger charge is 2.25. The van der Waals surface area contributed by atoms with E-state index in [1.807, 2.05) is 107 Å². The molecule has 11 aromatic rings. The van der Waals surface area contributed by atoms with E-state index in [0.29, 0.717) is 22.7 Å². The first-order chi connectivity index (χ1) is 37.1. The van der Waals surface area contributed by atoms with Gasteiger partial charge in [0.25, 0.3) is 6.33 Å². The zero-order valence-electron chi connectivity index (χ0n) is 48.4. The number of rotatable bonds is 10. The quantitative estimate of drug-likeness (QED) is 0.101. The van der Waals surface area contributed by atoms with Crippen LogP contribution in [0.3, 0.4) is 0 Å². The number of ether oxygens (including phenoxy) is 1. The number of hydrogen-bond acceptors (Lipinski definition) is 2. The molecule has 0 bridgehead atoms. The normalized spacial score (nSPS) is 14.2. The Morgan fingerprint density at radius 3 is 1.99 bits per heavy atom. The van der Waals surface area contributed by atoms with Gasteiger partial charge in [-0.25, -0.2) is 4.98 Å². The number of fused-ring (bicyclic) bond motifs is 4. The molecule has 356 valence electrons. The summed E-state index contributed by atoms with van der Waals surface area (Å²) in [5.41, 5.74) is 12.0. The molecule has 0 amide bonds. The van der Waals surface area contributed by atoms with Gasteiger partial charge in [0.05, 0.1) is 40.3 Å². The van der Waals surface area contributed by atoms with Gasteiger partial charge in [-0.15, -0.1) is 0 Å². The van der Waals surface area contributed by atoms with E-state index in [-0.39, 0.29) is 34.4 Å². The molecule has 0 spiro atoms. The number of nitrogens with zero attached hydrogens (tertiary/aromatic N) is 4. The third-order valence-electron chi connectivity index (χ3n) is 14.0. The van der Waals surface area contributed by atoms with Gasteiger partial charge in [0.15, 0.2) is 0 Å². The number of pyridine rings is 1. The third-order valence-corrected chi connectivity index (χ3v) is 14.0. The molecule has 3 heterocycles. The average Bonchev–Trinajstić information content (AvgIpc) is 3.99. The Kier molecular flexibility index (Phi) is 10.1. The smallest absolute Gasteiger partial charge is 0.269 e. The largest absolute Gasteiger partial charge is 0.458 e. The van der Waals surface area contributed by atoms with Gasteiger partial charge in [-0.05, 0) is 127 Å². The van der Waals surface area contributed by atoms with E-state index in [1.165, 1.54) is 0 Å². The molecule has 0 aliphatic heterocycles. The van der Waals surface area contributed by atoms with Crippen molar-refractivity contribution in [2.24, 2.45) is 5.92 Å². The highest BCUT2D eigenvalue weighted by Crippen LogP contribution is 2.41. The Bertz CT molecular complexity index is 4100. The van der Waals surface area contributed by atoms with E-state index in [4.69, 9.17) is 13.8 Å². The molecule has 5 heteroatoms. The van der Waals surface area contributed by atoms with Gasteiger partial charge in [0, 0.05) is 24.4 Å². The lowest BCUT2D eigenvalue weighted by Crippen LogP contribution is -2.31. The van der Waals surface area contributed by atoms with Crippen molar-refractivity contribution in [3.05, 3.63) is 223 Å². The Morgan fingerprint density at radius 2 is 1.25 bits per heavy atom. The van der Waals surface area contributed by atoms with Crippen LogP contribution in [0.25, 0.3) is 83.4 Å². The minimum Gasteiger partial charge on any atom is -0.458 e. The number of imidazole rings is 1. The van der Waals surface area contributed by atoms with Crippen molar-refractivity contribution in [2.75, 3.05) is 0 Å². The van der Waals surface area contributed by atoms with Crippen molar-refractivity contribution in [3.63, 3.8) is 0 Å². The zero-order valence-corrected chi connectivity index (χ0v) is 42.4. The summed E-state index contributed by atoms with van der Waals surface area (Å²) in [7, 11) is 0. The number of aromatic nitrogens is 4. The van der Waals surface area contributed by atoms with E-state index in [0.717, 1.165) is 83.3 Å². The van der Waals surface area contributed by atoms with Crippen molar-refractivity contribution in [3.8, 4) is 62.1 Å². The predicted octanol–water partition coefficient (Wildman–Crippen LogP) is 17.3. The first kappa shape index (κ1) is 39.7. The fraction of sp³-hybridized carbons (Fsp3) is 0.194. The molecule has 72 heavy (non-hydrogen) atoms. The minimum absolute atomic E-state index is 0.0861. The lowest BCUT2D eigenvalue weighted by molar-refractivity contribution is -0.571. The molecular formula is C67H62N4O. The average molecular weight is 945 g/mol. The third kappa shape index (κ3) is 8.68. The summed E-state index contributed by atoms with van der Waals surface area (Å²) in [6.07, 6.45) is 5.56. The molecule has 0 aliphatic carbocycles. The summed E-state index contributed by atoms with van der Waals surface area (Å²) >= 11 is 0. The lowest BCUT2D eigenvalue weighted by Gasteiger charge is -2.27. The Morgan fingerprint density at radius 1 is 0.569 bits per heavy atom. The minimum atomic E-state index is -0.815. The summed E-state index contributed by atoms with van der Waals surface area (Å²) in [5, 5.41) is 2.13. The van der Waals surface area contributed by atoms with Crippen LogP contribution in [-0.2, 0) is 10.8 Å². The second kappa shape index (κ2) is 18.3. The zero-order chi connectivity index (χ0) is 55.2. The van der Waals surface area contributed by atoms with Gasteiger partial charge in [-0.2, -0.15) is 0 Å². The van der Waals surface area contributed by atoms with Gasteiger partial charge in [0.1, 0.15) is 17.3 Å². The first-order valence-corrected chi connectivity index (χ1v) is 24.8. The summed E-state index contributed by atoms with van der Waals surface area (Å²) in [6, 6.07) is 53.5. The van der Waals surface area contributed by atoms with Crippen LogP contribution >= 0.6 is 0 Å². The summed E-state index contributed by atoms with van der Waals surface area (Å²) < 4.78 is 67.1. The molecule has 1 atom stereocenters. The number of hydrogen-bond donors (Lipinski definition) is 0. The molecular weight excluding hydrogens is 877 g/mol. The Labute approximate surface area is 433 Å². The summed E-state index contributed by atoms with van der Waals surface area (Å²) in [5.74, 6) is 1.21. The van der Waals surface area contributed by atoms with Crippen LogP contribution < -0.4 is 9.30 Å². The van der Waals surface area contributed by atoms with Crippen LogP contribution in [0, 0.1) is 12.2 Å². The highest BCUT2D eigenvalue weighted by molar-refractivity contribution is 6.09. The highest BCUT2D eigenvalue weighted by atomic mass is 16.5. The fourth-order valence-corrected chi connectivity index (χ4v) is 9.73. The van der Waals surface area contributed by atoms with Gasteiger partial charge >= 0.3 is 0 Å². The molecule has 0 N–H and O–H groups in total. The standard InChI is InChI=1S/C67H62N4O/c1-44(2)45(3)48-34-35-68-64(39-48)71-60-29-17-16-26-58(60)59-32-31-55(42-62(59)71)72-54-25-18-24-53(41-54)69-43-70(61-33-30-49(38-63(61)69)46-20-12-10-13-21-46)65-56(47-22-14-11-15-23-47)27-19-28-57(65)50-36-51(66(4,5)6)40-52(37-50)67(7,8)9/h10-42,44-45H,1-9H3/i11D,14D,15D,22D,23D,45D. The summed E-state index contributed by atoms with van der Waals surface area (Å²) in [4.78, 5) is 4.87. The predicted molar refractivity (Wildman–Crippen MR) is 299 cm³/mol. The van der Waals surface area contributed by atoms with E-state index in [2.05, 4.69) is 139 Å². The molecule has 1 unspecified atom stereocenters. The van der Waals surface area contributed by atoms with E-state index in [9.17, 15) is 4.11 Å². The second-order valence-electron chi connectivity index (χ2n) is 21.2. The van der Waals surface area contributed by atoms with Gasteiger partial charge in [0.2, 0.25) is 0 Å². The van der Waals surface area contributed by atoms with E-state index in [1.54, 1.807) is 6.20 Å².